The summed E-state index contributed by atoms with van der Waals surface area (Å²) in [6.45, 7) is 3.06. The van der Waals surface area contributed by atoms with E-state index in [9.17, 15) is 0 Å². The first-order valence-corrected chi connectivity index (χ1v) is 6.73. The maximum atomic E-state index is 5.95. The maximum Gasteiger partial charge on any atom is 0.0702 e. The molecule has 1 spiro atoms. The second-order valence-electron chi connectivity index (χ2n) is 5.59. The lowest BCUT2D eigenvalue weighted by Crippen LogP contribution is -2.49. The zero-order valence-corrected chi connectivity index (χ0v) is 10.5. The summed E-state index contributed by atoms with van der Waals surface area (Å²) < 4.78 is 5.95. The fourth-order valence-corrected chi connectivity index (χ4v) is 3.04. The van der Waals surface area contributed by atoms with Crippen LogP contribution in [0, 0.1) is 6.92 Å². The summed E-state index contributed by atoms with van der Waals surface area (Å²) in [7, 11) is 0. The van der Waals surface area contributed by atoms with Gasteiger partial charge in [-0.2, -0.15) is 0 Å². The van der Waals surface area contributed by atoms with Crippen LogP contribution in [0.2, 0.25) is 0 Å². The van der Waals surface area contributed by atoms with Gasteiger partial charge in [-0.25, -0.2) is 0 Å². The normalized spacial score (nSPS) is 26.5. The number of nitrogens with one attached hydrogen (secondary N) is 1. The van der Waals surface area contributed by atoms with Crippen LogP contribution in [0.4, 0.5) is 5.69 Å². The van der Waals surface area contributed by atoms with Crippen LogP contribution in [0.25, 0.3) is 0 Å². The quantitative estimate of drug-likeness (QED) is 0.841. The predicted molar refractivity (Wildman–Crippen MR) is 70.4 cm³/mol. The van der Waals surface area contributed by atoms with Crippen LogP contribution >= 0.6 is 0 Å². The monoisotopic (exact) mass is 231 g/mol. The van der Waals surface area contributed by atoms with Crippen LogP contribution in [0.3, 0.4) is 0 Å². The second kappa shape index (κ2) is 4.34. The molecule has 0 amide bonds. The van der Waals surface area contributed by atoms with Crippen molar-refractivity contribution in [1.29, 1.82) is 0 Å². The first-order valence-electron chi connectivity index (χ1n) is 6.73. The van der Waals surface area contributed by atoms with Gasteiger partial charge >= 0.3 is 0 Å². The molecule has 1 saturated carbocycles. The van der Waals surface area contributed by atoms with Gasteiger partial charge in [0.05, 0.1) is 5.60 Å². The molecule has 2 heteroatoms. The minimum atomic E-state index is 0.236. The first kappa shape index (κ1) is 11.1. The summed E-state index contributed by atoms with van der Waals surface area (Å²) in [5, 5.41) is 3.67. The van der Waals surface area contributed by atoms with Crippen LogP contribution in [-0.2, 0) is 4.74 Å². The molecule has 1 atom stereocenters. The van der Waals surface area contributed by atoms with Crippen LogP contribution < -0.4 is 5.32 Å². The Bertz CT molecular complexity index is 398. The summed E-state index contributed by atoms with van der Waals surface area (Å²) in [4.78, 5) is 0. The van der Waals surface area contributed by atoms with Crippen molar-refractivity contribution in [2.45, 2.75) is 50.7 Å². The van der Waals surface area contributed by atoms with Crippen molar-refractivity contribution in [2.24, 2.45) is 0 Å². The maximum absolute atomic E-state index is 5.95. The standard InChI is InChI=1S/C15H21NO/c1-12-4-2-5-13(10-12)16-14-6-9-17-15(11-14)7-3-8-15/h2,4-5,10,14,16H,3,6-9,11H2,1H3. The fraction of sp³-hybridized carbons (Fsp3) is 0.600. The van der Waals surface area contributed by atoms with Crippen molar-refractivity contribution in [3.8, 4) is 0 Å². The van der Waals surface area contributed by atoms with E-state index in [1.807, 2.05) is 0 Å². The third kappa shape index (κ3) is 2.32. The average molecular weight is 231 g/mol. The third-order valence-corrected chi connectivity index (χ3v) is 4.15. The average Bonchev–Trinajstić information content (AvgIpc) is 2.27. The van der Waals surface area contributed by atoms with E-state index in [4.69, 9.17) is 4.74 Å². The number of aryl methyl sites for hydroxylation is 1. The number of hydrogen-bond donors (Lipinski definition) is 1. The van der Waals surface area contributed by atoms with E-state index in [2.05, 4.69) is 36.5 Å². The van der Waals surface area contributed by atoms with E-state index in [1.165, 1.54) is 36.9 Å². The van der Waals surface area contributed by atoms with Gasteiger partial charge < -0.3 is 10.1 Å². The largest absolute Gasteiger partial charge is 0.382 e. The van der Waals surface area contributed by atoms with Gasteiger partial charge in [0.1, 0.15) is 0 Å². The number of ether oxygens (including phenoxy) is 1. The molecule has 1 unspecified atom stereocenters. The van der Waals surface area contributed by atoms with E-state index < -0.39 is 0 Å². The van der Waals surface area contributed by atoms with Gasteiger partial charge in [0.15, 0.2) is 0 Å². The highest BCUT2D eigenvalue weighted by molar-refractivity contribution is 5.46. The molecule has 1 N–H and O–H groups in total. The van der Waals surface area contributed by atoms with Gasteiger partial charge in [0, 0.05) is 18.3 Å². The molecule has 1 aromatic rings. The topological polar surface area (TPSA) is 21.3 Å². The highest BCUT2D eigenvalue weighted by atomic mass is 16.5. The molecule has 0 bridgehead atoms. The third-order valence-electron chi connectivity index (χ3n) is 4.15. The van der Waals surface area contributed by atoms with Crippen molar-refractivity contribution in [2.75, 3.05) is 11.9 Å². The molecule has 17 heavy (non-hydrogen) atoms. The molecule has 2 fully saturated rings. The number of anilines is 1. The molecule has 1 heterocycles. The Labute approximate surface area is 103 Å². The first-order chi connectivity index (χ1) is 8.26. The molecule has 2 nitrogen and oxygen atoms in total. The van der Waals surface area contributed by atoms with E-state index in [0.717, 1.165) is 13.0 Å². The smallest absolute Gasteiger partial charge is 0.0702 e. The Morgan fingerprint density at radius 3 is 2.94 bits per heavy atom. The van der Waals surface area contributed by atoms with Gasteiger partial charge in [0.2, 0.25) is 0 Å². The van der Waals surface area contributed by atoms with Crippen molar-refractivity contribution in [3.05, 3.63) is 29.8 Å². The SMILES string of the molecule is Cc1cccc(NC2CCOC3(CCC3)C2)c1. The van der Waals surface area contributed by atoms with Crippen molar-refractivity contribution < 1.29 is 4.74 Å². The minimum Gasteiger partial charge on any atom is -0.382 e. The van der Waals surface area contributed by atoms with E-state index in [-0.39, 0.29) is 5.60 Å². The lowest BCUT2D eigenvalue weighted by atomic mass is 9.74. The number of benzene rings is 1. The summed E-state index contributed by atoms with van der Waals surface area (Å²) >= 11 is 0. The zero-order chi connectivity index (χ0) is 11.7. The summed E-state index contributed by atoms with van der Waals surface area (Å²) in [6.07, 6.45) is 6.19. The molecule has 0 radical (unpaired) electrons. The van der Waals surface area contributed by atoms with Crippen LogP contribution in [0.15, 0.2) is 24.3 Å². The Hall–Kier alpha value is -1.02. The number of rotatable bonds is 2. The Morgan fingerprint density at radius 1 is 1.35 bits per heavy atom. The van der Waals surface area contributed by atoms with Crippen molar-refractivity contribution in [1.82, 2.24) is 0 Å². The molecular weight excluding hydrogens is 210 g/mol. The lowest BCUT2D eigenvalue weighted by Gasteiger charge is -2.47. The van der Waals surface area contributed by atoms with Crippen LogP contribution in [0.5, 0.6) is 0 Å². The van der Waals surface area contributed by atoms with Gasteiger partial charge in [-0.3, -0.25) is 0 Å². The van der Waals surface area contributed by atoms with Crippen LogP contribution in [0.1, 0.15) is 37.7 Å². The van der Waals surface area contributed by atoms with Gasteiger partial charge in [-0.1, -0.05) is 12.1 Å². The molecule has 0 aromatic heterocycles. The molecule has 3 rings (SSSR count). The van der Waals surface area contributed by atoms with E-state index >= 15 is 0 Å². The predicted octanol–water partition coefficient (Wildman–Crippen LogP) is 3.51. The fourth-order valence-electron chi connectivity index (χ4n) is 3.04. The Kier molecular flexibility index (Phi) is 2.83. The van der Waals surface area contributed by atoms with E-state index in [0.29, 0.717) is 6.04 Å². The Morgan fingerprint density at radius 2 is 2.24 bits per heavy atom. The molecule has 1 aromatic carbocycles. The highest BCUT2D eigenvalue weighted by Gasteiger charge is 2.42. The lowest BCUT2D eigenvalue weighted by molar-refractivity contribution is -0.130. The zero-order valence-electron chi connectivity index (χ0n) is 10.5. The summed E-state index contributed by atoms with van der Waals surface area (Å²) in [6, 6.07) is 9.24. The minimum absolute atomic E-state index is 0.236. The highest BCUT2D eigenvalue weighted by Crippen LogP contribution is 2.42. The molecule has 92 valence electrons. The second-order valence-corrected chi connectivity index (χ2v) is 5.59. The van der Waals surface area contributed by atoms with Gasteiger partial charge in [0.25, 0.3) is 0 Å². The molecule has 1 saturated heterocycles. The van der Waals surface area contributed by atoms with E-state index in [1.54, 1.807) is 0 Å². The van der Waals surface area contributed by atoms with Gasteiger partial charge in [-0.05, 0) is 56.7 Å². The van der Waals surface area contributed by atoms with Crippen molar-refractivity contribution >= 4 is 5.69 Å². The van der Waals surface area contributed by atoms with Crippen molar-refractivity contribution in [3.63, 3.8) is 0 Å². The molecule has 2 aliphatic rings. The van der Waals surface area contributed by atoms with Gasteiger partial charge in [-0.15, -0.1) is 0 Å². The number of hydrogen-bond acceptors (Lipinski definition) is 2. The summed E-state index contributed by atoms with van der Waals surface area (Å²) in [5.74, 6) is 0. The molecular formula is C15H21NO. The molecule has 1 aliphatic heterocycles. The summed E-state index contributed by atoms with van der Waals surface area (Å²) in [5.41, 5.74) is 2.81. The van der Waals surface area contributed by atoms with Crippen LogP contribution in [-0.4, -0.2) is 18.2 Å². The molecule has 1 aliphatic carbocycles. The Balaban J connectivity index is 1.65.